The number of hydrogen-bond acceptors (Lipinski definition) is 1. The molecule has 0 aromatic rings. The average molecular weight is 180 g/mol. The van der Waals surface area contributed by atoms with Crippen LogP contribution in [0.25, 0.3) is 0 Å². The largest absolute Gasteiger partial charge is 0.326 e. The van der Waals surface area contributed by atoms with E-state index in [0.29, 0.717) is 5.70 Å². The van der Waals surface area contributed by atoms with Crippen molar-refractivity contribution in [3.63, 3.8) is 0 Å². The summed E-state index contributed by atoms with van der Waals surface area (Å²) in [6.07, 6.45) is 1.83. The molecule has 0 radical (unpaired) electrons. The molecule has 0 bridgehead atoms. The second-order valence-electron chi connectivity index (χ2n) is 4.26. The Morgan fingerprint density at radius 1 is 1.46 bits per heavy atom. The minimum Gasteiger partial charge on any atom is -0.308 e. The Morgan fingerprint density at radius 3 is 2.46 bits per heavy atom. The number of nitrogens with zero attached hydrogens (tertiary/aromatic N) is 1. The van der Waals surface area contributed by atoms with E-state index < -0.39 is 0 Å². The molecular weight excluding hydrogens is 164 g/mol. The van der Waals surface area contributed by atoms with Crippen LogP contribution in [0.4, 0.5) is 4.79 Å². The lowest BCUT2D eigenvalue weighted by molar-refractivity contribution is 0.178. The SMILES string of the molecule is C=C1NC(=O)N(C(C)(C)C)C=C1C. The summed E-state index contributed by atoms with van der Waals surface area (Å²) in [5.41, 5.74) is 1.49. The maximum Gasteiger partial charge on any atom is 0.326 e. The fraction of sp³-hybridized carbons (Fsp3) is 0.500. The average Bonchev–Trinajstić information content (AvgIpc) is 1.94. The zero-order valence-electron chi connectivity index (χ0n) is 8.64. The van der Waals surface area contributed by atoms with E-state index >= 15 is 0 Å². The molecule has 0 aliphatic carbocycles. The molecule has 0 aromatic heterocycles. The monoisotopic (exact) mass is 180 g/mol. The van der Waals surface area contributed by atoms with Crippen LogP contribution in [0.3, 0.4) is 0 Å². The van der Waals surface area contributed by atoms with Gasteiger partial charge >= 0.3 is 6.03 Å². The number of allylic oxidation sites excluding steroid dienone is 1. The predicted molar refractivity (Wildman–Crippen MR) is 53.0 cm³/mol. The van der Waals surface area contributed by atoms with E-state index in [1.165, 1.54) is 0 Å². The highest BCUT2D eigenvalue weighted by Crippen LogP contribution is 2.20. The maximum absolute atomic E-state index is 11.5. The number of amides is 2. The van der Waals surface area contributed by atoms with Gasteiger partial charge in [-0.05, 0) is 33.3 Å². The second-order valence-corrected chi connectivity index (χ2v) is 4.26. The number of hydrogen-bond donors (Lipinski definition) is 1. The number of urea groups is 1. The third-order valence-electron chi connectivity index (χ3n) is 2.00. The van der Waals surface area contributed by atoms with Crippen molar-refractivity contribution in [1.29, 1.82) is 0 Å². The zero-order chi connectivity index (χ0) is 10.2. The third kappa shape index (κ3) is 1.91. The molecule has 3 heteroatoms. The molecule has 3 nitrogen and oxygen atoms in total. The van der Waals surface area contributed by atoms with E-state index in [1.54, 1.807) is 4.90 Å². The summed E-state index contributed by atoms with van der Waals surface area (Å²) in [5.74, 6) is 0. The molecule has 2 amide bonds. The first-order chi connectivity index (χ1) is 5.82. The Morgan fingerprint density at radius 2 is 2.00 bits per heavy atom. The predicted octanol–water partition coefficient (Wildman–Crippen LogP) is 2.23. The van der Waals surface area contributed by atoms with Crippen molar-refractivity contribution in [1.82, 2.24) is 10.2 Å². The van der Waals surface area contributed by atoms with Crippen LogP contribution in [0.1, 0.15) is 27.7 Å². The number of nitrogens with one attached hydrogen (secondary N) is 1. The van der Waals surface area contributed by atoms with Crippen molar-refractivity contribution >= 4 is 6.03 Å². The Kier molecular flexibility index (Phi) is 2.20. The topological polar surface area (TPSA) is 32.3 Å². The highest BCUT2D eigenvalue weighted by molar-refractivity contribution is 5.80. The minimum absolute atomic E-state index is 0.108. The molecule has 0 atom stereocenters. The lowest BCUT2D eigenvalue weighted by Crippen LogP contribution is -2.49. The van der Waals surface area contributed by atoms with Crippen molar-refractivity contribution in [3.8, 4) is 0 Å². The summed E-state index contributed by atoms with van der Waals surface area (Å²) in [6.45, 7) is 11.6. The molecule has 1 aliphatic rings. The fourth-order valence-corrected chi connectivity index (χ4v) is 1.12. The Labute approximate surface area is 79.1 Å². The molecule has 1 heterocycles. The summed E-state index contributed by atoms with van der Waals surface area (Å²) in [7, 11) is 0. The van der Waals surface area contributed by atoms with Crippen molar-refractivity contribution in [3.05, 3.63) is 24.0 Å². The van der Waals surface area contributed by atoms with Crippen LogP contribution in [0.15, 0.2) is 24.0 Å². The first kappa shape index (κ1) is 9.84. The van der Waals surface area contributed by atoms with Gasteiger partial charge in [0.15, 0.2) is 0 Å². The minimum atomic E-state index is -0.188. The van der Waals surface area contributed by atoms with Gasteiger partial charge in [0.05, 0.1) is 0 Å². The van der Waals surface area contributed by atoms with Crippen LogP contribution in [-0.4, -0.2) is 16.5 Å². The van der Waals surface area contributed by atoms with Crippen LogP contribution in [0.2, 0.25) is 0 Å². The van der Waals surface area contributed by atoms with Gasteiger partial charge in [-0.15, -0.1) is 0 Å². The van der Waals surface area contributed by atoms with Crippen molar-refractivity contribution in [2.75, 3.05) is 0 Å². The van der Waals surface area contributed by atoms with Gasteiger partial charge in [-0.1, -0.05) is 6.58 Å². The quantitative estimate of drug-likeness (QED) is 0.609. The molecule has 1 aliphatic heterocycles. The first-order valence-corrected chi connectivity index (χ1v) is 4.30. The summed E-state index contributed by atoms with van der Waals surface area (Å²) < 4.78 is 0. The van der Waals surface area contributed by atoms with Crippen molar-refractivity contribution < 1.29 is 4.79 Å². The Bertz CT molecular complexity index is 284. The molecular formula is C10H16N2O. The summed E-state index contributed by atoms with van der Waals surface area (Å²) in [6, 6.07) is -0.108. The van der Waals surface area contributed by atoms with Crippen LogP contribution in [-0.2, 0) is 0 Å². The summed E-state index contributed by atoms with van der Waals surface area (Å²) >= 11 is 0. The van der Waals surface area contributed by atoms with Gasteiger partial charge in [-0.2, -0.15) is 0 Å². The zero-order valence-corrected chi connectivity index (χ0v) is 8.64. The van der Waals surface area contributed by atoms with Crippen molar-refractivity contribution in [2.24, 2.45) is 0 Å². The molecule has 0 fully saturated rings. The van der Waals surface area contributed by atoms with Gasteiger partial charge in [0, 0.05) is 17.4 Å². The number of rotatable bonds is 0. The number of carbonyl (C=O) groups excluding carboxylic acids is 1. The summed E-state index contributed by atoms with van der Waals surface area (Å²) in [4.78, 5) is 13.2. The van der Waals surface area contributed by atoms with Crippen LogP contribution >= 0.6 is 0 Å². The maximum atomic E-state index is 11.5. The molecule has 1 N–H and O–H groups in total. The lowest BCUT2D eigenvalue weighted by Gasteiger charge is -2.36. The molecule has 0 unspecified atom stereocenters. The van der Waals surface area contributed by atoms with Crippen molar-refractivity contribution in [2.45, 2.75) is 33.2 Å². The third-order valence-corrected chi connectivity index (χ3v) is 2.00. The first-order valence-electron chi connectivity index (χ1n) is 4.30. The lowest BCUT2D eigenvalue weighted by atomic mass is 10.1. The highest BCUT2D eigenvalue weighted by atomic mass is 16.2. The van der Waals surface area contributed by atoms with E-state index in [1.807, 2.05) is 33.9 Å². The molecule has 1 rings (SSSR count). The van der Waals surface area contributed by atoms with E-state index in [0.717, 1.165) is 5.57 Å². The molecule has 0 saturated carbocycles. The van der Waals surface area contributed by atoms with Crippen LogP contribution in [0, 0.1) is 0 Å². The molecule has 0 saturated heterocycles. The normalized spacial score (nSPS) is 18.5. The van der Waals surface area contributed by atoms with Gasteiger partial charge in [-0.3, -0.25) is 4.90 Å². The highest BCUT2D eigenvalue weighted by Gasteiger charge is 2.28. The second kappa shape index (κ2) is 2.91. The van der Waals surface area contributed by atoms with Gasteiger partial charge in [-0.25, -0.2) is 4.79 Å². The van der Waals surface area contributed by atoms with Crippen LogP contribution in [0.5, 0.6) is 0 Å². The number of carbonyl (C=O) groups is 1. The van der Waals surface area contributed by atoms with Gasteiger partial charge in [0.1, 0.15) is 0 Å². The summed E-state index contributed by atoms with van der Waals surface area (Å²) in [5, 5.41) is 2.71. The smallest absolute Gasteiger partial charge is 0.308 e. The van der Waals surface area contributed by atoms with E-state index in [9.17, 15) is 4.79 Å². The van der Waals surface area contributed by atoms with Gasteiger partial charge in [0.2, 0.25) is 0 Å². The Hall–Kier alpha value is -1.25. The molecule has 0 aromatic carbocycles. The molecule has 0 spiro atoms. The van der Waals surface area contributed by atoms with E-state index in [-0.39, 0.29) is 11.6 Å². The van der Waals surface area contributed by atoms with Gasteiger partial charge in [0.25, 0.3) is 0 Å². The van der Waals surface area contributed by atoms with Crippen LogP contribution < -0.4 is 5.32 Å². The molecule has 13 heavy (non-hydrogen) atoms. The van der Waals surface area contributed by atoms with E-state index in [2.05, 4.69) is 11.9 Å². The van der Waals surface area contributed by atoms with Gasteiger partial charge < -0.3 is 5.32 Å². The standard InChI is InChI=1S/C10H16N2O/c1-7-6-12(10(3,4)5)9(13)11-8(7)2/h6H,2H2,1,3-5H3,(H,11,13). The van der Waals surface area contributed by atoms with E-state index in [4.69, 9.17) is 0 Å². The Balaban J connectivity index is 3.01. The fourth-order valence-electron chi connectivity index (χ4n) is 1.12. The molecule has 72 valence electrons.